The Balaban J connectivity index is -0.000000490. The van der Waals surface area contributed by atoms with E-state index < -0.39 is 0 Å². The van der Waals surface area contributed by atoms with Crippen LogP contribution in [0.1, 0.15) is 119 Å². The van der Waals surface area contributed by atoms with Crippen molar-refractivity contribution in [1.29, 1.82) is 0 Å². The molecule has 0 rings (SSSR count). The summed E-state index contributed by atoms with van der Waals surface area (Å²) in [4.78, 5) is 4.29. The van der Waals surface area contributed by atoms with E-state index in [9.17, 15) is 0 Å². The molecule has 0 N–H and O–H groups in total. The molecule has 0 amide bonds. The van der Waals surface area contributed by atoms with E-state index in [4.69, 9.17) is 49.7 Å². The molecule has 0 saturated heterocycles. The molecule has 0 bridgehead atoms. The molecular formula is C24H48N2S4Zn. The van der Waals surface area contributed by atoms with Crippen LogP contribution < -0.4 is 0 Å². The maximum atomic E-state index is 5.05. The molecule has 7 heteroatoms. The van der Waals surface area contributed by atoms with Crippen LogP contribution in [-0.4, -0.2) is 43.6 Å². The Morgan fingerprint density at radius 1 is 0.581 bits per heavy atom. The predicted octanol–water partition coefficient (Wildman–Crippen LogP) is 7.78. The van der Waals surface area contributed by atoms with Crippen LogP contribution in [0.4, 0.5) is 0 Å². The van der Waals surface area contributed by atoms with Crippen molar-refractivity contribution < 1.29 is 19.5 Å². The fraction of sp³-hybridized carbons (Fsp3) is 0.917. The van der Waals surface area contributed by atoms with Crippen LogP contribution >= 0.6 is 24.4 Å². The van der Waals surface area contributed by atoms with E-state index in [0.717, 1.165) is 13.1 Å². The molecule has 2 nitrogen and oxygen atoms in total. The third kappa shape index (κ3) is 23.8. The Morgan fingerprint density at radius 3 is 1.06 bits per heavy atom. The molecule has 0 unspecified atom stereocenters. The van der Waals surface area contributed by atoms with Crippen LogP contribution in [0.25, 0.3) is 0 Å². The van der Waals surface area contributed by atoms with E-state index in [2.05, 4.69) is 51.3 Å². The molecule has 0 heterocycles. The van der Waals surface area contributed by atoms with Gasteiger partial charge in [0.1, 0.15) is 0 Å². The van der Waals surface area contributed by atoms with Crippen molar-refractivity contribution in [2.45, 2.75) is 131 Å². The smallest absolute Gasteiger partial charge is 0.411 e. The summed E-state index contributed by atoms with van der Waals surface area (Å²) in [5, 5.41) is 0. The van der Waals surface area contributed by atoms with Gasteiger partial charge in [0.15, 0.2) is 0 Å². The zero-order chi connectivity index (χ0) is 23.4. The van der Waals surface area contributed by atoms with E-state index in [-0.39, 0.29) is 19.5 Å². The van der Waals surface area contributed by atoms with Crippen LogP contribution in [0.3, 0.4) is 0 Å². The van der Waals surface area contributed by atoms with Crippen molar-refractivity contribution in [2.24, 2.45) is 0 Å². The Kier molecular flexibility index (Phi) is 29.9. The van der Waals surface area contributed by atoms with Gasteiger partial charge in [-0.2, -0.15) is 0 Å². The summed E-state index contributed by atoms with van der Waals surface area (Å²) in [5.41, 5.74) is 0. The minimum Gasteiger partial charge on any atom is -0.411 e. The molecular weight excluding hydrogens is 510 g/mol. The van der Waals surface area contributed by atoms with E-state index in [1.165, 1.54) is 77.0 Å². The zero-order valence-corrected chi connectivity index (χ0v) is 27.5. The van der Waals surface area contributed by atoms with Gasteiger partial charge in [-0.3, -0.25) is 0 Å². The number of rotatable bonds is 16. The molecule has 180 valence electrons. The minimum absolute atomic E-state index is 0. The van der Waals surface area contributed by atoms with Gasteiger partial charge in [-0.1, -0.05) is 86.7 Å². The first-order valence-electron chi connectivity index (χ1n) is 12.1. The average Bonchev–Trinajstić information content (AvgIpc) is 2.66. The summed E-state index contributed by atoms with van der Waals surface area (Å²) in [6.45, 7) is 15.2. The Labute approximate surface area is 230 Å². The molecule has 0 aromatic heterocycles. The minimum atomic E-state index is 0. The van der Waals surface area contributed by atoms with Gasteiger partial charge in [0.2, 0.25) is 0 Å². The molecule has 0 aliphatic carbocycles. The van der Waals surface area contributed by atoms with E-state index in [1.807, 2.05) is 0 Å². The van der Waals surface area contributed by atoms with Gasteiger partial charge in [-0.15, -0.1) is 0 Å². The number of thiocarbonyl (C=S) groups is 2. The Morgan fingerprint density at radius 2 is 0.839 bits per heavy atom. The zero-order valence-electron chi connectivity index (χ0n) is 21.3. The summed E-state index contributed by atoms with van der Waals surface area (Å²) in [5.74, 6) is 0. The van der Waals surface area contributed by atoms with Crippen molar-refractivity contribution in [3.63, 3.8) is 0 Å². The molecule has 0 spiro atoms. The Bertz CT molecular complexity index is 382. The topological polar surface area (TPSA) is 6.48 Å². The van der Waals surface area contributed by atoms with Crippen molar-refractivity contribution >= 4 is 58.3 Å². The monoisotopic (exact) mass is 556 g/mol. The first kappa shape index (κ1) is 36.4. The molecule has 0 saturated carbocycles. The Hall–Kier alpha value is 0.843. The van der Waals surface area contributed by atoms with Gasteiger partial charge < -0.3 is 59.5 Å². The van der Waals surface area contributed by atoms with Crippen LogP contribution in [0, 0.1) is 0 Å². The van der Waals surface area contributed by atoms with Crippen molar-refractivity contribution in [3.8, 4) is 0 Å². The molecule has 0 aromatic carbocycles. The van der Waals surface area contributed by atoms with Gasteiger partial charge in [0.05, 0.1) is 0 Å². The number of nitrogens with zero attached hydrogens (tertiary/aromatic N) is 2. The molecule has 0 radical (unpaired) electrons. The second-order valence-corrected chi connectivity index (χ2v) is 10.7. The van der Waals surface area contributed by atoms with E-state index in [1.54, 1.807) is 0 Å². The second-order valence-electron chi connectivity index (χ2n) is 8.64. The van der Waals surface area contributed by atoms with Crippen LogP contribution in [0.5, 0.6) is 0 Å². The summed E-state index contributed by atoms with van der Waals surface area (Å²) >= 11 is 20.2. The molecule has 0 aliphatic heterocycles. The standard InChI is InChI=1S/2C12H25NS2.Zn/c2*1-4-5-6-7-8-9-10-13(11(2)3)12(14)15;/h2*11H,4-10H2,1-3H3,(H,14,15);/q;;+2/p-2. The summed E-state index contributed by atoms with van der Waals surface area (Å²) in [6.07, 6.45) is 15.9. The molecule has 0 aromatic rings. The van der Waals surface area contributed by atoms with E-state index >= 15 is 0 Å². The first-order valence-corrected chi connectivity index (χ1v) is 13.8. The number of unbranched alkanes of at least 4 members (excludes halogenated alkanes) is 10. The molecule has 31 heavy (non-hydrogen) atoms. The van der Waals surface area contributed by atoms with Gasteiger partial charge in [0, 0.05) is 25.2 Å². The third-order valence-electron chi connectivity index (χ3n) is 5.22. The van der Waals surface area contributed by atoms with E-state index in [0.29, 0.717) is 20.7 Å². The van der Waals surface area contributed by atoms with Crippen LogP contribution in [-0.2, 0) is 44.7 Å². The maximum Gasteiger partial charge on any atom is 2.00 e. The summed E-state index contributed by atoms with van der Waals surface area (Å²) in [7, 11) is 0. The molecule has 0 aliphatic rings. The largest absolute Gasteiger partial charge is 2.00 e. The van der Waals surface area contributed by atoms with Crippen LogP contribution in [0.15, 0.2) is 0 Å². The van der Waals surface area contributed by atoms with Crippen molar-refractivity contribution in [1.82, 2.24) is 9.80 Å². The summed E-state index contributed by atoms with van der Waals surface area (Å²) in [6, 6.07) is 0.899. The second kappa shape index (κ2) is 25.5. The quantitative estimate of drug-likeness (QED) is 0.0821. The van der Waals surface area contributed by atoms with Gasteiger partial charge in [-0.05, 0) is 40.5 Å². The molecule has 0 fully saturated rings. The number of hydrogen-bond donors (Lipinski definition) is 0. The van der Waals surface area contributed by atoms with Gasteiger partial charge in [0.25, 0.3) is 0 Å². The van der Waals surface area contributed by atoms with Gasteiger partial charge >= 0.3 is 19.5 Å². The maximum absolute atomic E-state index is 5.05. The summed E-state index contributed by atoms with van der Waals surface area (Å²) < 4.78 is 1.25. The fourth-order valence-corrected chi connectivity index (χ4v) is 4.45. The molecule has 0 atom stereocenters. The fourth-order valence-electron chi connectivity index (χ4n) is 3.25. The van der Waals surface area contributed by atoms with Crippen molar-refractivity contribution in [3.05, 3.63) is 0 Å². The SMILES string of the molecule is CCCCCCCCN(C(=S)[S-])C(C)C.CCCCCCCCN(C(=S)[S-])C(C)C.[Zn+2]. The normalized spacial score (nSPS) is 10.3. The first-order chi connectivity index (χ1) is 14.2. The number of hydrogen-bond acceptors (Lipinski definition) is 4. The third-order valence-corrected chi connectivity index (χ3v) is 6.16. The van der Waals surface area contributed by atoms with Gasteiger partial charge in [-0.25, -0.2) is 0 Å². The van der Waals surface area contributed by atoms with Crippen molar-refractivity contribution in [2.75, 3.05) is 13.1 Å². The average molecular weight is 558 g/mol. The predicted molar refractivity (Wildman–Crippen MR) is 150 cm³/mol. The van der Waals surface area contributed by atoms with Crippen LogP contribution in [0.2, 0.25) is 0 Å².